The predicted molar refractivity (Wildman–Crippen MR) is 77.4 cm³/mol. The van der Waals surface area contributed by atoms with Gasteiger partial charge in [0.25, 0.3) is 0 Å². The van der Waals surface area contributed by atoms with Gasteiger partial charge in [0.2, 0.25) is 0 Å². The number of ether oxygens (including phenoxy) is 1. The summed E-state index contributed by atoms with van der Waals surface area (Å²) in [4.78, 5) is 13.7. The molecule has 4 nitrogen and oxygen atoms in total. The Morgan fingerprint density at radius 2 is 1.95 bits per heavy atom. The lowest BCUT2D eigenvalue weighted by atomic mass is 9.65. The molecule has 0 aliphatic carbocycles. The summed E-state index contributed by atoms with van der Waals surface area (Å²) in [6, 6.07) is 6.77. The van der Waals surface area contributed by atoms with Gasteiger partial charge in [-0.2, -0.15) is 0 Å². The van der Waals surface area contributed by atoms with E-state index in [0.717, 1.165) is 12.1 Å². The smallest absolute Gasteiger partial charge is 0.410 e. The Balaban J connectivity index is 1.62. The van der Waals surface area contributed by atoms with Crippen LogP contribution >= 0.6 is 0 Å². The van der Waals surface area contributed by atoms with E-state index in [1.807, 2.05) is 32.9 Å². The van der Waals surface area contributed by atoms with E-state index >= 15 is 0 Å². The van der Waals surface area contributed by atoms with E-state index in [1.165, 1.54) is 12.1 Å². The molecule has 1 spiro atoms. The second-order valence-corrected chi connectivity index (χ2v) is 7.06. The van der Waals surface area contributed by atoms with Crippen LogP contribution in [0.15, 0.2) is 24.3 Å². The number of carbonyl (C=O) groups excluding carboxylic acids is 1. The standard InChI is InChI=1S/C16H21FN2O2/c1-15(2,3)21-14(20)19-9-16(10-19)8-18-13(16)11-4-6-12(17)7-5-11/h4-7,13,18H,8-10H2,1-3H3/t13-/m0/s1. The maximum absolute atomic E-state index is 13.0. The van der Waals surface area contributed by atoms with E-state index in [9.17, 15) is 9.18 Å². The lowest BCUT2D eigenvalue weighted by Crippen LogP contribution is -2.73. The molecule has 5 heteroatoms. The summed E-state index contributed by atoms with van der Waals surface area (Å²) in [5.74, 6) is -0.226. The summed E-state index contributed by atoms with van der Waals surface area (Å²) in [6.45, 7) is 7.87. The molecular weight excluding hydrogens is 271 g/mol. The van der Waals surface area contributed by atoms with Crippen LogP contribution in [-0.4, -0.2) is 36.2 Å². The number of nitrogens with one attached hydrogen (secondary N) is 1. The first kappa shape index (κ1) is 14.3. The van der Waals surface area contributed by atoms with E-state index in [1.54, 1.807) is 4.90 Å². The molecule has 3 rings (SSSR count). The molecule has 1 aromatic carbocycles. The number of rotatable bonds is 1. The molecule has 2 heterocycles. The van der Waals surface area contributed by atoms with Gasteiger partial charge in [0.15, 0.2) is 0 Å². The van der Waals surface area contributed by atoms with Crippen molar-refractivity contribution in [1.82, 2.24) is 10.2 Å². The molecule has 0 unspecified atom stereocenters. The lowest BCUT2D eigenvalue weighted by molar-refractivity contribution is -0.0854. The first-order chi connectivity index (χ1) is 9.79. The maximum atomic E-state index is 13.0. The Morgan fingerprint density at radius 1 is 1.33 bits per heavy atom. The molecule has 114 valence electrons. The molecule has 1 aromatic rings. The van der Waals surface area contributed by atoms with Crippen LogP contribution in [0.5, 0.6) is 0 Å². The summed E-state index contributed by atoms with van der Waals surface area (Å²) in [5.41, 5.74) is 0.689. The van der Waals surface area contributed by atoms with Crippen LogP contribution < -0.4 is 5.32 Å². The molecule has 1 amide bonds. The summed E-state index contributed by atoms with van der Waals surface area (Å²) in [5, 5.41) is 3.38. The van der Waals surface area contributed by atoms with Crippen LogP contribution in [0.1, 0.15) is 32.4 Å². The minimum absolute atomic E-state index is 0.0781. The number of hydrogen-bond donors (Lipinski definition) is 1. The van der Waals surface area contributed by atoms with Crippen molar-refractivity contribution in [1.29, 1.82) is 0 Å². The molecule has 1 N–H and O–H groups in total. The van der Waals surface area contributed by atoms with Crippen LogP contribution in [0.4, 0.5) is 9.18 Å². The second kappa shape index (κ2) is 4.70. The summed E-state index contributed by atoms with van der Waals surface area (Å²) < 4.78 is 18.4. The quantitative estimate of drug-likeness (QED) is 0.865. The highest BCUT2D eigenvalue weighted by Gasteiger charge is 2.57. The van der Waals surface area contributed by atoms with Crippen molar-refractivity contribution >= 4 is 6.09 Å². The third-order valence-electron chi connectivity index (χ3n) is 4.14. The molecular formula is C16H21FN2O2. The van der Waals surface area contributed by atoms with Crippen molar-refractivity contribution in [2.75, 3.05) is 19.6 Å². The Hall–Kier alpha value is -1.62. The Bertz CT molecular complexity index is 544. The lowest BCUT2D eigenvalue weighted by Gasteiger charge is -2.60. The van der Waals surface area contributed by atoms with E-state index in [-0.39, 0.29) is 23.4 Å². The minimum atomic E-state index is -0.464. The molecule has 1 atom stereocenters. The molecule has 2 saturated heterocycles. The third-order valence-corrected chi connectivity index (χ3v) is 4.14. The van der Waals surface area contributed by atoms with Gasteiger partial charge in [-0.3, -0.25) is 0 Å². The van der Waals surface area contributed by atoms with Crippen LogP contribution in [0.3, 0.4) is 0 Å². The van der Waals surface area contributed by atoms with Crippen LogP contribution in [0.2, 0.25) is 0 Å². The van der Waals surface area contributed by atoms with Gasteiger partial charge in [0, 0.05) is 31.1 Å². The van der Waals surface area contributed by atoms with Crippen LogP contribution in [0, 0.1) is 11.2 Å². The van der Waals surface area contributed by atoms with Gasteiger partial charge >= 0.3 is 6.09 Å². The van der Waals surface area contributed by atoms with Gasteiger partial charge in [-0.15, -0.1) is 0 Å². The zero-order valence-electron chi connectivity index (χ0n) is 12.6. The zero-order valence-corrected chi connectivity index (χ0v) is 12.6. The van der Waals surface area contributed by atoms with Crippen molar-refractivity contribution in [2.24, 2.45) is 5.41 Å². The zero-order chi connectivity index (χ0) is 15.3. The number of halogens is 1. The average Bonchev–Trinajstić information content (AvgIpc) is 2.26. The molecule has 2 fully saturated rings. The van der Waals surface area contributed by atoms with Gasteiger partial charge in [-0.1, -0.05) is 12.1 Å². The summed E-state index contributed by atoms with van der Waals surface area (Å²) >= 11 is 0. The Kier molecular flexibility index (Phi) is 3.20. The highest BCUT2D eigenvalue weighted by Crippen LogP contribution is 2.48. The first-order valence-corrected chi connectivity index (χ1v) is 7.26. The topological polar surface area (TPSA) is 41.6 Å². The van der Waals surface area contributed by atoms with Crippen molar-refractivity contribution in [3.63, 3.8) is 0 Å². The average molecular weight is 292 g/mol. The van der Waals surface area contributed by atoms with Crippen LogP contribution in [-0.2, 0) is 4.74 Å². The second-order valence-electron chi connectivity index (χ2n) is 7.06. The number of likely N-dealkylation sites (tertiary alicyclic amines) is 1. The number of benzene rings is 1. The molecule has 21 heavy (non-hydrogen) atoms. The first-order valence-electron chi connectivity index (χ1n) is 7.26. The number of carbonyl (C=O) groups is 1. The van der Waals surface area contributed by atoms with Crippen molar-refractivity contribution in [3.8, 4) is 0 Å². The summed E-state index contributed by atoms with van der Waals surface area (Å²) in [7, 11) is 0. The number of amides is 1. The number of nitrogens with zero attached hydrogens (tertiary/aromatic N) is 1. The maximum Gasteiger partial charge on any atom is 0.410 e. The predicted octanol–water partition coefficient (Wildman–Crippen LogP) is 2.71. The van der Waals surface area contributed by atoms with E-state index in [0.29, 0.717) is 13.1 Å². The van der Waals surface area contributed by atoms with Gasteiger partial charge in [0.05, 0.1) is 0 Å². The minimum Gasteiger partial charge on any atom is -0.444 e. The SMILES string of the molecule is CC(C)(C)OC(=O)N1CC2(CN[C@H]2c2ccc(F)cc2)C1. The third kappa shape index (κ3) is 2.62. The van der Waals surface area contributed by atoms with Gasteiger partial charge < -0.3 is 15.0 Å². The number of hydrogen-bond acceptors (Lipinski definition) is 3. The van der Waals surface area contributed by atoms with Crippen molar-refractivity contribution < 1.29 is 13.9 Å². The Labute approximate surface area is 124 Å². The molecule has 0 radical (unpaired) electrons. The fourth-order valence-corrected chi connectivity index (χ4v) is 3.08. The normalized spacial score (nSPS) is 23.4. The van der Waals surface area contributed by atoms with Gasteiger partial charge in [-0.05, 0) is 38.5 Å². The molecule has 0 saturated carbocycles. The van der Waals surface area contributed by atoms with E-state index < -0.39 is 5.60 Å². The Morgan fingerprint density at radius 3 is 2.43 bits per heavy atom. The van der Waals surface area contributed by atoms with Gasteiger partial charge in [0.1, 0.15) is 11.4 Å². The van der Waals surface area contributed by atoms with E-state index in [2.05, 4.69) is 5.32 Å². The monoisotopic (exact) mass is 292 g/mol. The fraction of sp³-hybridized carbons (Fsp3) is 0.562. The molecule has 2 aliphatic heterocycles. The highest BCUT2D eigenvalue weighted by molar-refractivity contribution is 5.69. The largest absolute Gasteiger partial charge is 0.444 e. The highest BCUT2D eigenvalue weighted by atomic mass is 19.1. The van der Waals surface area contributed by atoms with Crippen molar-refractivity contribution in [3.05, 3.63) is 35.6 Å². The summed E-state index contributed by atoms with van der Waals surface area (Å²) in [6.07, 6.45) is -0.252. The molecule has 0 aromatic heterocycles. The molecule has 0 bridgehead atoms. The van der Waals surface area contributed by atoms with E-state index in [4.69, 9.17) is 4.74 Å². The fourth-order valence-electron chi connectivity index (χ4n) is 3.08. The van der Waals surface area contributed by atoms with Gasteiger partial charge in [-0.25, -0.2) is 9.18 Å². The van der Waals surface area contributed by atoms with Crippen LogP contribution in [0.25, 0.3) is 0 Å². The van der Waals surface area contributed by atoms with Crippen molar-refractivity contribution in [2.45, 2.75) is 32.4 Å². The molecule has 2 aliphatic rings.